The number of ether oxygens (including phenoxy) is 1. The minimum absolute atomic E-state index is 0.0263. The predicted molar refractivity (Wildman–Crippen MR) is 73.5 cm³/mol. The zero-order valence-corrected chi connectivity index (χ0v) is 12.8. The molecule has 0 radical (unpaired) electrons. The maximum absolute atomic E-state index is 12.4. The van der Waals surface area contributed by atoms with Gasteiger partial charge in [-0.15, -0.1) is 0 Å². The molecule has 1 amide bonds. The van der Waals surface area contributed by atoms with E-state index in [0.717, 1.165) is 10.5 Å². The van der Waals surface area contributed by atoms with Crippen molar-refractivity contribution in [3.63, 3.8) is 0 Å². The second kappa shape index (κ2) is 7.46. The fourth-order valence-corrected chi connectivity index (χ4v) is 2.33. The van der Waals surface area contributed by atoms with Gasteiger partial charge < -0.3 is 9.64 Å². The Morgan fingerprint density at radius 1 is 1.12 bits per heavy atom. The van der Waals surface area contributed by atoms with Gasteiger partial charge >= 0.3 is 18.4 Å². The molecule has 1 aromatic rings. The number of pyridine rings is 1. The van der Waals surface area contributed by atoms with E-state index in [-0.39, 0.29) is 13.1 Å². The molecule has 1 aliphatic rings. The third-order valence-corrected chi connectivity index (χ3v) is 3.57. The van der Waals surface area contributed by atoms with Crippen LogP contribution in [0.5, 0.6) is 0 Å². The Labute approximate surface area is 139 Å². The highest BCUT2D eigenvalue weighted by atomic mass is 19.4. The molecule has 0 spiro atoms. The first kappa shape index (κ1) is 19.3. The van der Waals surface area contributed by atoms with Crippen molar-refractivity contribution < 1.29 is 35.9 Å². The molecule has 0 unspecified atom stereocenters. The minimum Gasteiger partial charge on any atom is -0.426 e. The summed E-state index contributed by atoms with van der Waals surface area (Å²) in [5, 5.41) is 0. The fourth-order valence-electron chi connectivity index (χ4n) is 2.33. The van der Waals surface area contributed by atoms with Gasteiger partial charge in [-0.05, 0) is 11.6 Å². The van der Waals surface area contributed by atoms with Crippen LogP contribution in [-0.4, -0.2) is 65.5 Å². The molecule has 140 valence electrons. The van der Waals surface area contributed by atoms with Crippen LogP contribution < -0.4 is 0 Å². The highest BCUT2D eigenvalue weighted by Crippen LogP contribution is 2.36. The summed E-state index contributed by atoms with van der Waals surface area (Å²) >= 11 is 0. The molecular weight excluding hydrogens is 356 g/mol. The van der Waals surface area contributed by atoms with Gasteiger partial charge in [-0.3, -0.25) is 9.88 Å². The summed E-state index contributed by atoms with van der Waals surface area (Å²) in [6, 6.07) is 3.59. The number of carbonyl (C=O) groups excluding carboxylic acids is 1. The molecular formula is C14H15F6N3O2. The van der Waals surface area contributed by atoms with E-state index in [2.05, 4.69) is 9.72 Å². The molecule has 0 aliphatic carbocycles. The Morgan fingerprint density at radius 3 is 2.20 bits per heavy atom. The maximum Gasteiger partial charge on any atom is 0.434 e. The average Bonchev–Trinajstić information content (AvgIpc) is 2.52. The summed E-state index contributed by atoms with van der Waals surface area (Å²) in [5.41, 5.74) is 0.910. The van der Waals surface area contributed by atoms with Gasteiger partial charge in [0.25, 0.3) is 6.10 Å². The molecule has 0 atom stereocenters. The Bertz CT molecular complexity index is 556. The Hall–Kier alpha value is -2.04. The third-order valence-electron chi connectivity index (χ3n) is 3.57. The number of alkyl halides is 6. The van der Waals surface area contributed by atoms with Gasteiger partial charge in [0.05, 0.1) is 0 Å². The third kappa shape index (κ3) is 5.48. The van der Waals surface area contributed by atoms with Crippen LogP contribution >= 0.6 is 0 Å². The van der Waals surface area contributed by atoms with Crippen LogP contribution in [0.1, 0.15) is 5.56 Å². The monoisotopic (exact) mass is 371 g/mol. The number of piperazine rings is 1. The zero-order valence-electron chi connectivity index (χ0n) is 12.8. The van der Waals surface area contributed by atoms with Crippen molar-refractivity contribution >= 4 is 6.09 Å². The molecule has 0 bridgehead atoms. The molecule has 25 heavy (non-hydrogen) atoms. The van der Waals surface area contributed by atoms with Gasteiger partial charge in [-0.1, -0.05) is 6.07 Å². The summed E-state index contributed by atoms with van der Waals surface area (Å²) in [6.45, 7) is 1.06. The van der Waals surface area contributed by atoms with E-state index >= 15 is 0 Å². The largest absolute Gasteiger partial charge is 0.434 e. The molecule has 11 heteroatoms. The van der Waals surface area contributed by atoms with Crippen molar-refractivity contribution in [3.05, 3.63) is 30.1 Å². The molecule has 0 aromatic carbocycles. The highest BCUT2D eigenvalue weighted by Gasteiger charge is 2.60. The van der Waals surface area contributed by atoms with Crippen molar-refractivity contribution in [2.75, 3.05) is 26.2 Å². The Morgan fingerprint density at radius 2 is 1.72 bits per heavy atom. The van der Waals surface area contributed by atoms with Crippen molar-refractivity contribution in [2.45, 2.75) is 25.0 Å². The van der Waals surface area contributed by atoms with E-state index in [0.29, 0.717) is 19.6 Å². The van der Waals surface area contributed by atoms with Crippen LogP contribution in [0.2, 0.25) is 0 Å². The maximum atomic E-state index is 12.4. The van der Waals surface area contributed by atoms with Crippen molar-refractivity contribution in [1.29, 1.82) is 0 Å². The van der Waals surface area contributed by atoms with E-state index in [1.165, 1.54) is 0 Å². The number of hydrogen-bond donors (Lipinski definition) is 0. The molecule has 1 fully saturated rings. The second-order valence-electron chi connectivity index (χ2n) is 5.47. The molecule has 1 aliphatic heterocycles. The van der Waals surface area contributed by atoms with Crippen molar-refractivity contribution in [1.82, 2.24) is 14.8 Å². The quantitative estimate of drug-likeness (QED) is 0.767. The molecule has 5 nitrogen and oxygen atoms in total. The average molecular weight is 371 g/mol. The summed E-state index contributed by atoms with van der Waals surface area (Å²) < 4.78 is 78.2. The molecule has 0 N–H and O–H groups in total. The summed E-state index contributed by atoms with van der Waals surface area (Å²) in [5.74, 6) is 0. The molecule has 2 heterocycles. The lowest BCUT2D eigenvalue weighted by Crippen LogP contribution is -2.52. The van der Waals surface area contributed by atoms with Gasteiger partial charge in [0.2, 0.25) is 0 Å². The lowest BCUT2D eigenvalue weighted by atomic mass is 10.2. The van der Waals surface area contributed by atoms with Gasteiger partial charge in [0.1, 0.15) is 0 Å². The molecule has 0 saturated carbocycles. The number of aromatic nitrogens is 1. The predicted octanol–water partition coefficient (Wildman–Crippen LogP) is 2.83. The van der Waals surface area contributed by atoms with Gasteiger partial charge in [0, 0.05) is 45.1 Å². The normalized spacial score (nSPS) is 17.0. The Kier molecular flexibility index (Phi) is 5.76. The topological polar surface area (TPSA) is 45.7 Å². The number of rotatable bonds is 3. The van der Waals surface area contributed by atoms with Crippen molar-refractivity contribution in [2.24, 2.45) is 0 Å². The number of halogens is 6. The van der Waals surface area contributed by atoms with E-state index in [1.54, 1.807) is 18.5 Å². The number of hydrogen-bond acceptors (Lipinski definition) is 4. The molecule has 1 saturated heterocycles. The zero-order chi connectivity index (χ0) is 18.7. The summed E-state index contributed by atoms with van der Waals surface area (Å²) in [4.78, 5) is 18.3. The van der Waals surface area contributed by atoms with E-state index in [4.69, 9.17) is 0 Å². The first-order chi connectivity index (χ1) is 11.6. The fraction of sp³-hybridized carbons (Fsp3) is 0.571. The number of nitrogens with zero attached hydrogens (tertiary/aromatic N) is 3. The highest BCUT2D eigenvalue weighted by molar-refractivity contribution is 5.68. The number of carbonyl (C=O) groups is 1. The lowest BCUT2D eigenvalue weighted by molar-refractivity contribution is -0.308. The SMILES string of the molecule is O=C(OC(C(F)(F)F)C(F)(F)F)N1CCN(Cc2cccnc2)CC1. The van der Waals surface area contributed by atoms with E-state index < -0.39 is 24.5 Å². The molecule has 2 rings (SSSR count). The van der Waals surface area contributed by atoms with Crippen LogP contribution in [0.15, 0.2) is 24.5 Å². The molecule has 1 aromatic heterocycles. The van der Waals surface area contributed by atoms with Crippen LogP contribution in [0.4, 0.5) is 31.1 Å². The lowest BCUT2D eigenvalue weighted by Gasteiger charge is -2.35. The standard InChI is InChI=1S/C14H15F6N3O2/c15-13(16,17)11(14(18,19)20)25-12(24)23-6-4-22(5-7-23)9-10-2-1-3-21-8-10/h1-3,8,11H,4-7,9H2. The van der Waals surface area contributed by atoms with Gasteiger partial charge in [-0.2, -0.15) is 26.3 Å². The minimum atomic E-state index is -5.71. The van der Waals surface area contributed by atoms with Crippen LogP contribution in [0.25, 0.3) is 0 Å². The first-order valence-corrected chi connectivity index (χ1v) is 7.27. The van der Waals surface area contributed by atoms with E-state index in [1.807, 2.05) is 11.0 Å². The smallest absolute Gasteiger partial charge is 0.426 e. The Balaban J connectivity index is 1.88. The van der Waals surface area contributed by atoms with Crippen LogP contribution in [0, 0.1) is 0 Å². The van der Waals surface area contributed by atoms with Gasteiger partial charge in [0.15, 0.2) is 0 Å². The summed E-state index contributed by atoms with van der Waals surface area (Å²) in [7, 11) is 0. The van der Waals surface area contributed by atoms with E-state index in [9.17, 15) is 31.1 Å². The van der Waals surface area contributed by atoms with Crippen LogP contribution in [-0.2, 0) is 11.3 Å². The second-order valence-corrected chi connectivity index (χ2v) is 5.47. The van der Waals surface area contributed by atoms with Gasteiger partial charge in [-0.25, -0.2) is 4.79 Å². The van der Waals surface area contributed by atoms with Crippen molar-refractivity contribution in [3.8, 4) is 0 Å². The van der Waals surface area contributed by atoms with Crippen LogP contribution in [0.3, 0.4) is 0 Å². The summed E-state index contributed by atoms with van der Waals surface area (Å²) in [6.07, 6.45) is -13.9. The first-order valence-electron chi connectivity index (χ1n) is 7.27. The number of amides is 1.